The van der Waals surface area contributed by atoms with Gasteiger partial charge in [-0.15, -0.1) is 0 Å². The molecule has 2 aromatic rings. The first kappa shape index (κ1) is 10.0. The van der Waals surface area contributed by atoms with Crippen LogP contribution in [0.1, 0.15) is 24.6 Å². The molecule has 1 fully saturated rings. The first-order valence-corrected chi connectivity index (χ1v) is 5.44. The van der Waals surface area contributed by atoms with Gasteiger partial charge in [-0.1, -0.05) is 11.6 Å². The SMILES string of the molecule is FC1(F)CC(c2nc3ccc(Cl)cc3[nH]2)C1. The smallest absolute Gasteiger partial charge is 0.249 e. The van der Waals surface area contributed by atoms with Crippen LogP contribution in [0.2, 0.25) is 5.02 Å². The second kappa shape index (κ2) is 3.17. The van der Waals surface area contributed by atoms with E-state index in [9.17, 15) is 8.78 Å². The van der Waals surface area contributed by atoms with E-state index < -0.39 is 5.92 Å². The molecule has 2 nitrogen and oxygen atoms in total. The Labute approximate surface area is 95.6 Å². The molecular formula is C11H9ClF2N2. The monoisotopic (exact) mass is 242 g/mol. The third-order valence-electron chi connectivity index (χ3n) is 2.94. The highest BCUT2D eigenvalue weighted by Gasteiger charge is 2.47. The molecule has 0 amide bonds. The molecule has 0 bridgehead atoms. The number of fused-ring (bicyclic) bond motifs is 1. The van der Waals surface area contributed by atoms with Gasteiger partial charge < -0.3 is 4.98 Å². The fourth-order valence-corrected chi connectivity index (χ4v) is 2.22. The molecule has 0 spiro atoms. The van der Waals surface area contributed by atoms with E-state index in [4.69, 9.17) is 11.6 Å². The van der Waals surface area contributed by atoms with Gasteiger partial charge in [0.15, 0.2) is 0 Å². The van der Waals surface area contributed by atoms with E-state index in [0.717, 1.165) is 11.0 Å². The number of H-pyrrole nitrogens is 1. The lowest BCUT2D eigenvalue weighted by molar-refractivity contribution is -0.0883. The average Bonchev–Trinajstić information content (AvgIpc) is 2.56. The molecule has 3 rings (SSSR count). The Hall–Kier alpha value is -1.16. The number of hydrogen-bond acceptors (Lipinski definition) is 1. The Morgan fingerprint density at radius 1 is 1.38 bits per heavy atom. The lowest BCUT2D eigenvalue weighted by Crippen LogP contribution is -2.34. The fraction of sp³-hybridized carbons (Fsp3) is 0.364. The number of aromatic nitrogens is 2. The largest absolute Gasteiger partial charge is 0.342 e. The fourth-order valence-electron chi connectivity index (χ4n) is 2.05. The Kier molecular flexibility index (Phi) is 1.98. The van der Waals surface area contributed by atoms with Crippen molar-refractivity contribution in [1.29, 1.82) is 0 Å². The zero-order valence-electron chi connectivity index (χ0n) is 8.30. The normalized spacial score (nSPS) is 19.9. The predicted molar refractivity (Wildman–Crippen MR) is 58.0 cm³/mol. The number of alkyl halides is 2. The van der Waals surface area contributed by atoms with Gasteiger partial charge in [-0.3, -0.25) is 0 Å². The summed E-state index contributed by atoms with van der Waals surface area (Å²) in [5.41, 5.74) is 1.58. The highest BCUT2D eigenvalue weighted by molar-refractivity contribution is 6.31. The molecule has 5 heteroatoms. The van der Waals surface area contributed by atoms with E-state index in [1.54, 1.807) is 18.2 Å². The van der Waals surface area contributed by atoms with Crippen LogP contribution in [0, 0.1) is 0 Å². The van der Waals surface area contributed by atoms with Gasteiger partial charge in [0.05, 0.1) is 11.0 Å². The zero-order valence-corrected chi connectivity index (χ0v) is 9.06. The van der Waals surface area contributed by atoms with Crippen molar-refractivity contribution in [2.45, 2.75) is 24.7 Å². The van der Waals surface area contributed by atoms with E-state index in [1.807, 2.05) is 0 Å². The summed E-state index contributed by atoms with van der Waals surface area (Å²) in [6.07, 6.45) is -0.221. The van der Waals surface area contributed by atoms with E-state index in [0.29, 0.717) is 10.8 Å². The zero-order chi connectivity index (χ0) is 11.3. The number of halogens is 3. The van der Waals surface area contributed by atoms with Crippen molar-refractivity contribution in [2.75, 3.05) is 0 Å². The molecule has 1 N–H and O–H groups in total. The molecule has 1 heterocycles. The Bertz CT molecular complexity index is 542. The standard InChI is InChI=1S/C11H9ClF2N2/c12-7-1-2-8-9(3-7)16-10(15-8)6-4-11(13,14)5-6/h1-3,6H,4-5H2,(H,15,16). The van der Waals surface area contributed by atoms with Gasteiger partial charge in [0.1, 0.15) is 5.82 Å². The number of benzene rings is 1. The van der Waals surface area contributed by atoms with Crippen LogP contribution in [0.3, 0.4) is 0 Å². The minimum Gasteiger partial charge on any atom is -0.342 e. The molecule has 1 aromatic carbocycles. The van der Waals surface area contributed by atoms with Crippen LogP contribution in [0.4, 0.5) is 8.78 Å². The van der Waals surface area contributed by atoms with Crippen LogP contribution in [0.15, 0.2) is 18.2 Å². The Morgan fingerprint density at radius 3 is 2.81 bits per heavy atom. The van der Waals surface area contributed by atoms with Gasteiger partial charge in [-0.25, -0.2) is 13.8 Å². The maximum absolute atomic E-state index is 12.7. The number of hydrogen-bond donors (Lipinski definition) is 1. The van der Waals surface area contributed by atoms with Crippen molar-refractivity contribution in [1.82, 2.24) is 9.97 Å². The maximum atomic E-state index is 12.7. The first-order valence-electron chi connectivity index (χ1n) is 5.06. The second-order valence-electron chi connectivity index (χ2n) is 4.24. The number of imidazole rings is 1. The molecule has 0 radical (unpaired) electrons. The Morgan fingerprint density at radius 2 is 2.12 bits per heavy atom. The van der Waals surface area contributed by atoms with Crippen molar-refractivity contribution in [3.63, 3.8) is 0 Å². The number of nitrogens with zero attached hydrogens (tertiary/aromatic N) is 1. The van der Waals surface area contributed by atoms with E-state index >= 15 is 0 Å². The van der Waals surface area contributed by atoms with Crippen LogP contribution in [-0.2, 0) is 0 Å². The van der Waals surface area contributed by atoms with Crippen molar-refractivity contribution < 1.29 is 8.78 Å². The Balaban J connectivity index is 1.95. The van der Waals surface area contributed by atoms with Crippen LogP contribution >= 0.6 is 11.6 Å². The van der Waals surface area contributed by atoms with Crippen molar-refractivity contribution in [2.24, 2.45) is 0 Å². The third-order valence-corrected chi connectivity index (χ3v) is 3.17. The van der Waals surface area contributed by atoms with Gasteiger partial charge >= 0.3 is 0 Å². The summed E-state index contributed by atoms with van der Waals surface area (Å²) in [4.78, 5) is 7.34. The van der Waals surface area contributed by atoms with Crippen LogP contribution in [0.5, 0.6) is 0 Å². The molecule has 1 aromatic heterocycles. The summed E-state index contributed by atoms with van der Waals surface area (Å²) in [7, 11) is 0. The van der Waals surface area contributed by atoms with E-state index in [-0.39, 0.29) is 18.8 Å². The van der Waals surface area contributed by atoms with E-state index in [2.05, 4.69) is 9.97 Å². The van der Waals surface area contributed by atoms with Gasteiger partial charge in [-0.05, 0) is 18.2 Å². The summed E-state index contributed by atoms with van der Waals surface area (Å²) in [5.74, 6) is -2.02. The highest BCUT2D eigenvalue weighted by atomic mass is 35.5. The highest BCUT2D eigenvalue weighted by Crippen LogP contribution is 2.47. The topological polar surface area (TPSA) is 28.7 Å². The van der Waals surface area contributed by atoms with Gasteiger partial charge in [0.25, 0.3) is 0 Å². The molecular weight excluding hydrogens is 234 g/mol. The molecule has 0 unspecified atom stereocenters. The summed E-state index contributed by atoms with van der Waals surface area (Å²) >= 11 is 5.83. The first-order chi connectivity index (χ1) is 7.53. The molecule has 16 heavy (non-hydrogen) atoms. The molecule has 0 aliphatic heterocycles. The number of nitrogens with one attached hydrogen (secondary N) is 1. The predicted octanol–water partition coefficient (Wildman–Crippen LogP) is 3.73. The second-order valence-corrected chi connectivity index (χ2v) is 4.68. The van der Waals surface area contributed by atoms with Gasteiger partial charge in [-0.2, -0.15) is 0 Å². The lowest BCUT2D eigenvalue weighted by Gasteiger charge is -2.33. The molecule has 1 aliphatic rings. The van der Waals surface area contributed by atoms with Crippen LogP contribution in [-0.4, -0.2) is 15.9 Å². The minimum atomic E-state index is -2.51. The molecule has 0 saturated heterocycles. The maximum Gasteiger partial charge on any atom is 0.249 e. The quantitative estimate of drug-likeness (QED) is 0.811. The van der Waals surface area contributed by atoms with Crippen molar-refractivity contribution in [3.05, 3.63) is 29.0 Å². The van der Waals surface area contributed by atoms with Gasteiger partial charge in [0, 0.05) is 23.8 Å². The van der Waals surface area contributed by atoms with Crippen LogP contribution in [0.25, 0.3) is 11.0 Å². The van der Waals surface area contributed by atoms with Gasteiger partial charge in [0.2, 0.25) is 5.92 Å². The van der Waals surface area contributed by atoms with Crippen LogP contribution < -0.4 is 0 Å². The molecule has 0 atom stereocenters. The lowest BCUT2D eigenvalue weighted by atomic mass is 9.81. The molecule has 1 aliphatic carbocycles. The van der Waals surface area contributed by atoms with E-state index in [1.165, 1.54) is 0 Å². The average molecular weight is 243 g/mol. The summed E-state index contributed by atoms with van der Waals surface area (Å²) in [5, 5.41) is 0.613. The summed E-state index contributed by atoms with van der Waals surface area (Å²) in [6.45, 7) is 0. The van der Waals surface area contributed by atoms with Crippen molar-refractivity contribution >= 4 is 22.6 Å². The summed E-state index contributed by atoms with van der Waals surface area (Å²) < 4.78 is 25.5. The third kappa shape index (κ3) is 1.57. The molecule has 1 saturated carbocycles. The number of rotatable bonds is 1. The van der Waals surface area contributed by atoms with Crippen molar-refractivity contribution in [3.8, 4) is 0 Å². The number of aromatic amines is 1. The summed E-state index contributed by atoms with van der Waals surface area (Å²) in [6, 6.07) is 5.28. The minimum absolute atomic E-state index is 0.111. The molecule has 84 valence electrons.